The molecule has 0 aromatic carbocycles. The summed E-state index contributed by atoms with van der Waals surface area (Å²) in [5.74, 6) is 1.90. The van der Waals surface area contributed by atoms with Crippen LogP contribution in [0.25, 0.3) is 10.7 Å². The van der Waals surface area contributed by atoms with Crippen LogP contribution in [0, 0.1) is 5.92 Å². The van der Waals surface area contributed by atoms with E-state index in [9.17, 15) is 0 Å². The van der Waals surface area contributed by atoms with Crippen LogP contribution < -0.4 is 0 Å². The van der Waals surface area contributed by atoms with Crippen molar-refractivity contribution in [2.75, 3.05) is 0 Å². The first-order chi connectivity index (χ1) is 10.2. The summed E-state index contributed by atoms with van der Waals surface area (Å²) in [7, 11) is 0. The Bertz CT molecular complexity index is 705. The summed E-state index contributed by atoms with van der Waals surface area (Å²) in [4.78, 5) is 13.3. The molecule has 0 N–H and O–H groups in total. The maximum atomic E-state index is 5.27. The van der Waals surface area contributed by atoms with Gasteiger partial charge in [-0.05, 0) is 18.1 Å². The van der Waals surface area contributed by atoms with Crippen LogP contribution in [0.4, 0.5) is 0 Å². The molecule has 0 aliphatic rings. The lowest BCUT2D eigenvalue weighted by molar-refractivity contribution is 0.376. The predicted octanol–water partition coefficient (Wildman–Crippen LogP) is 3.38. The maximum absolute atomic E-state index is 5.27. The van der Waals surface area contributed by atoms with Gasteiger partial charge in [0, 0.05) is 18.0 Å². The van der Waals surface area contributed by atoms with E-state index in [0.29, 0.717) is 18.2 Å². The van der Waals surface area contributed by atoms with Crippen molar-refractivity contribution < 1.29 is 4.52 Å². The molecule has 0 amide bonds. The summed E-state index contributed by atoms with van der Waals surface area (Å²) < 4.78 is 5.27. The van der Waals surface area contributed by atoms with Gasteiger partial charge in [-0.1, -0.05) is 25.1 Å². The molecular formula is C15H16N4OS. The van der Waals surface area contributed by atoms with Crippen LogP contribution >= 0.6 is 11.3 Å². The van der Waals surface area contributed by atoms with Gasteiger partial charge in [0.2, 0.25) is 5.89 Å². The minimum atomic E-state index is 0.519. The van der Waals surface area contributed by atoms with Gasteiger partial charge < -0.3 is 4.52 Å². The molecule has 0 aliphatic carbocycles. The monoisotopic (exact) mass is 300 g/mol. The van der Waals surface area contributed by atoms with Crippen molar-refractivity contribution in [1.82, 2.24) is 20.1 Å². The van der Waals surface area contributed by atoms with Gasteiger partial charge in [0.05, 0.1) is 17.8 Å². The van der Waals surface area contributed by atoms with Gasteiger partial charge >= 0.3 is 0 Å². The average molecular weight is 300 g/mol. The molecule has 3 rings (SSSR count). The Morgan fingerprint density at radius 2 is 2.14 bits per heavy atom. The van der Waals surface area contributed by atoms with Gasteiger partial charge in [0.15, 0.2) is 5.82 Å². The smallest absolute Gasteiger partial charge is 0.232 e. The third-order valence-corrected chi connectivity index (χ3v) is 3.78. The molecule has 0 atom stereocenters. The molecule has 0 unspecified atom stereocenters. The van der Waals surface area contributed by atoms with E-state index in [1.807, 2.05) is 23.6 Å². The number of hydrogen-bond acceptors (Lipinski definition) is 6. The summed E-state index contributed by atoms with van der Waals surface area (Å²) in [5.41, 5.74) is 1.82. The van der Waals surface area contributed by atoms with Crippen molar-refractivity contribution in [3.05, 3.63) is 47.2 Å². The van der Waals surface area contributed by atoms with Crippen molar-refractivity contribution in [2.24, 2.45) is 5.92 Å². The molecule has 3 aromatic rings. The lowest BCUT2D eigenvalue weighted by Crippen LogP contribution is -1.96. The molecule has 3 heterocycles. The molecule has 5 nitrogen and oxygen atoms in total. The van der Waals surface area contributed by atoms with E-state index in [2.05, 4.69) is 34.0 Å². The number of hydrogen-bond donors (Lipinski definition) is 0. The van der Waals surface area contributed by atoms with Gasteiger partial charge in [-0.25, -0.2) is 4.98 Å². The summed E-state index contributed by atoms with van der Waals surface area (Å²) >= 11 is 1.58. The molecule has 0 radical (unpaired) electrons. The molecule has 0 spiro atoms. The van der Waals surface area contributed by atoms with Crippen LogP contribution in [0.1, 0.15) is 31.3 Å². The largest absolute Gasteiger partial charge is 0.339 e. The summed E-state index contributed by atoms with van der Waals surface area (Å²) in [6.45, 7) is 4.27. The van der Waals surface area contributed by atoms with Crippen molar-refractivity contribution in [3.63, 3.8) is 0 Å². The molecule has 108 valence electrons. The van der Waals surface area contributed by atoms with Gasteiger partial charge in [-0.15, -0.1) is 11.3 Å². The van der Waals surface area contributed by atoms with E-state index in [0.717, 1.165) is 28.6 Å². The summed E-state index contributed by atoms with van der Waals surface area (Å²) in [6.07, 6.45) is 3.17. The quantitative estimate of drug-likeness (QED) is 0.722. The molecular weight excluding hydrogens is 284 g/mol. The summed E-state index contributed by atoms with van der Waals surface area (Å²) in [5, 5.41) is 6.91. The number of rotatable bonds is 5. The highest BCUT2D eigenvalue weighted by Crippen LogP contribution is 2.22. The molecule has 0 bridgehead atoms. The first-order valence-corrected chi connectivity index (χ1v) is 7.76. The van der Waals surface area contributed by atoms with Crippen molar-refractivity contribution in [1.29, 1.82) is 0 Å². The van der Waals surface area contributed by atoms with Crippen molar-refractivity contribution in [2.45, 2.75) is 26.7 Å². The van der Waals surface area contributed by atoms with Gasteiger partial charge in [0.1, 0.15) is 5.01 Å². The van der Waals surface area contributed by atoms with Crippen molar-refractivity contribution in [3.8, 4) is 10.7 Å². The average Bonchev–Trinajstić information content (AvgIpc) is 3.09. The van der Waals surface area contributed by atoms with Crippen LogP contribution in [0.3, 0.4) is 0 Å². The Morgan fingerprint density at radius 1 is 1.24 bits per heavy atom. The minimum absolute atomic E-state index is 0.519. The standard InChI is InChI=1S/C15H16N4OS/c1-10(2)7-13-18-14(20-19-13)8-11-9-21-15(17-11)12-5-3-4-6-16-12/h3-6,9-10H,7-8H2,1-2H3. The number of thiazole rings is 1. The Balaban J connectivity index is 1.71. The van der Waals surface area contributed by atoms with Crippen LogP contribution in [-0.2, 0) is 12.8 Å². The highest BCUT2D eigenvalue weighted by molar-refractivity contribution is 7.13. The van der Waals surface area contributed by atoms with E-state index < -0.39 is 0 Å². The highest BCUT2D eigenvalue weighted by Gasteiger charge is 2.11. The van der Waals surface area contributed by atoms with Crippen LogP contribution in [0.2, 0.25) is 0 Å². The molecule has 6 heteroatoms. The SMILES string of the molecule is CC(C)Cc1noc(Cc2csc(-c3ccccn3)n2)n1. The van der Waals surface area contributed by atoms with Crippen molar-refractivity contribution >= 4 is 11.3 Å². The fraction of sp³-hybridized carbons (Fsp3) is 0.333. The highest BCUT2D eigenvalue weighted by atomic mass is 32.1. The second kappa shape index (κ2) is 6.13. The molecule has 0 aliphatic heterocycles. The zero-order valence-electron chi connectivity index (χ0n) is 12.0. The third-order valence-electron chi connectivity index (χ3n) is 2.87. The minimum Gasteiger partial charge on any atom is -0.339 e. The van der Waals surface area contributed by atoms with Gasteiger partial charge in [-0.3, -0.25) is 4.98 Å². The lowest BCUT2D eigenvalue weighted by atomic mass is 10.1. The number of aromatic nitrogens is 4. The van der Waals surface area contributed by atoms with E-state index in [-0.39, 0.29) is 0 Å². The molecule has 0 saturated heterocycles. The van der Waals surface area contributed by atoms with Gasteiger partial charge in [-0.2, -0.15) is 4.98 Å². The Morgan fingerprint density at radius 3 is 2.90 bits per heavy atom. The number of pyridine rings is 1. The van der Waals surface area contributed by atoms with E-state index in [4.69, 9.17) is 4.52 Å². The van der Waals surface area contributed by atoms with Crippen LogP contribution in [0.15, 0.2) is 34.3 Å². The second-order valence-electron chi connectivity index (χ2n) is 5.24. The van der Waals surface area contributed by atoms with E-state index in [1.165, 1.54) is 0 Å². The second-order valence-corrected chi connectivity index (χ2v) is 6.10. The molecule has 0 saturated carbocycles. The Kier molecular flexibility index (Phi) is 4.06. The summed E-state index contributed by atoms with van der Waals surface area (Å²) in [6, 6.07) is 5.81. The number of nitrogens with zero attached hydrogens (tertiary/aromatic N) is 4. The maximum Gasteiger partial charge on any atom is 0.232 e. The van der Waals surface area contributed by atoms with Crippen LogP contribution in [0.5, 0.6) is 0 Å². The van der Waals surface area contributed by atoms with E-state index in [1.54, 1.807) is 17.5 Å². The third kappa shape index (κ3) is 3.52. The fourth-order valence-corrected chi connectivity index (χ4v) is 2.76. The van der Waals surface area contributed by atoms with Crippen LogP contribution in [-0.4, -0.2) is 20.1 Å². The lowest BCUT2D eigenvalue weighted by Gasteiger charge is -1.96. The predicted molar refractivity (Wildman–Crippen MR) is 81.0 cm³/mol. The zero-order valence-corrected chi connectivity index (χ0v) is 12.8. The zero-order chi connectivity index (χ0) is 14.7. The van der Waals surface area contributed by atoms with Gasteiger partial charge in [0.25, 0.3) is 0 Å². The molecule has 21 heavy (non-hydrogen) atoms. The Labute approximate surface area is 127 Å². The fourth-order valence-electron chi connectivity index (χ4n) is 1.96. The normalized spacial score (nSPS) is 11.2. The first kappa shape index (κ1) is 13.9. The topological polar surface area (TPSA) is 64.7 Å². The molecule has 3 aromatic heterocycles. The Hall–Kier alpha value is -2.08. The van der Waals surface area contributed by atoms with E-state index >= 15 is 0 Å². The molecule has 0 fully saturated rings. The first-order valence-electron chi connectivity index (χ1n) is 6.88.